The minimum atomic E-state index is -4.37. The van der Waals surface area contributed by atoms with E-state index in [9.17, 15) is 13.2 Å². The van der Waals surface area contributed by atoms with Gasteiger partial charge < -0.3 is 10.6 Å². The molecule has 1 aromatic rings. The van der Waals surface area contributed by atoms with Crippen molar-refractivity contribution in [2.75, 3.05) is 19.6 Å². The van der Waals surface area contributed by atoms with Gasteiger partial charge in [-0.25, -0.2) is 4.98 Å². The first-order valence-corrected chi connectivity index (χ1v) is 7.41. The lowest BCUT2D eigenvalue weighted by atomic mass is 10.1. The van der Waals surface area contributed by atoms with Crippen LogP contribution in [0.1, 0.15) is 30.0 Å². The molecule has 2 heterocycles. The number of hydrogen-bond acceptors (Lipinski definition) is 3. The van der Waals surface area contributed by atoms with Crippen LogP contribution in [0.4, 0.5) is 13.2 Å². The first-order valence-electron chi connectivity index (χ1n) is 6.53. The fourth-order valence-corrected chi connectivity index (χ4v) is 2.84. The Morgan fingerprint density at radius 1 is 1.33 bits per heavy atom. The molecule has 0 unspecified atom stereocenters. The SMILES string of the molecule is I.NC(=NCCc1nc(C(F)(F)F)cs1)N1CCCCC1. The van der Waals surface area contributed by atoms with E-state index in [1.54, 1.807) is 0 Å². The standard InChI is InChI=1S/C12H17F3N4S.HI/c13-12(14,15)9-8-20-10(18-9)4-5-17-11(16)19-6-2-1-3-7-19;/h8H,1-7H2,(H2,16,17);1H. The highest BCUT2D eigenvalue weighted by Crippen LogP contribution is 2.30. The van der Waals surface area contributed by atoms with Crippen LogP contribution in [-0.2, 0) is 12.6 Å². The molecule has 2 N–H and O–H groups in total. The third-order valence-electron chi connectivity index (χ3n) is 3.12. The average molecular weight is 434 g/mol. The third kappa shape index (κ3) is 5.61. The molecule has 1 fully saturated rings. The van der Waals surface area contributed by atoms with Crippen LogP contribution in [0.5, 0.6) is 0 Å². The maximum Gasteiger partial charge on any atom is 0.434 e. The van der Waals surface area contributed by atoms with Crippen molar-refractivity contribution < 1.29 is 13.2 Å². The molecule has 2 rings (SSSR count). The monoisotopic (exact) mass is 434 g/mol. The Balaban J connectivity index is 0.00000220. The van der Waals surface area contributed by atoms with E-state index < -0.39 is 11.9 Å². The number of halogens is 4. The molecule has 4 nitrogen and oxygen atoms in total. The second kappa shape index (κ2) is 8.16. The van der Waals surface area contributed by atoms with E-state index in [-0.39, 0.29) is 24.0 Å². The number of hydrogen-bond donors (Lipinski definition) is 1. The van der Waals surface area contributed by atoms with Gasteiger partial charge in [0.1, 0.15) is 0 Å². The molecule has 0 radical (unpaired) electrons. The molecule has 1 aromatic heterocycles. The predicted octanol–water partition coefficient (Wildman–Crippen LogP) is 3.12. The molecule has 1 aliphatic rings. The van der Waals surface area contributed by atoms with Crippen molar-refractivity contribution in [1.29, 1.82) is 0 Å². The molecule has 0 bridgehead atoms. The van der Waals surface area contributed by atoms with Gasteiger partial charge in [-0.2, -0.15) is 13.2 Å². The van der Waals surface area contributed by atoms with Crippen molar-refractivity contribution in [2.45, 2.75) is 31.9 Å². The van der Waals surface area contributed by atoms with Gasteiger partial charge in [0, 0.05) is 31.4 Å². The lowest BCUT2D eigenvalue weighted by molar-refractivity contribution is -0.140. The van der Waals surface area contributed by atoms with Crippen LogP contribution < -0.4 is 5.73 Å². The number of rotatable bonds is 3. The van der Waals surface area contributed by atoms with Gasteiger partial charge in [-0.3, -0.25) is 4.99 Å². The molecular weight excluding hydrogens is 416 g/mol. The first kappa shape index (κ1) is 18.5. The number of nitrogens with two attached hydrogens (primary N) is 1. The lowest BCUT2D eigenvalue weighted by Crippen LogP contribution is -2.41. The van der Waals surface area contributed by atoms with Crippen LogP contribution in [0.25, 0.3) is 0 Å². The van der Waals surface area contributed by atoms with E-state index in [0.717, 1.165) is 42.6 Å². The zero-order valence-corrected chi connectivity index (χ0v) is 14.5. The van der Waals surface area contributed by atoms with Gasteiger partial charge in [0.15, 0.2) is 11.7 Å². The van der Waals surface area contributed by atoms with Crippen LogP contribution >= 0.6 is 35.3 Å². The van der Waals surface area contributed by atoms with Crippen molar-refractivity contribution in [3.05, 3.63) is 16.1 Å². The molecule has 21 heavy (non-hydrogen) atoms. The molecule has 9 heteroatoms. The summed E-state index contributed by atoms with van der Waals surface area (Å²) >= 11 is 1.01. The summed E-state index contributed by atoms with van der Waals surface area (Å²) in [6, 6.07) is 0. The van der Waals surface area contributed by atoms with E-state index in [2.05, 4.69) is 9.98 Å². The maximum atomic E-state index is 12.4. The fraction of sp³-hybridized carbons (Fsp3) is 0.667. The van der Waals surface area contributed by atoms with E-state index in [1.165, 1.54) is 6.42 Å². The number of alkyl halides is 3. The zero-order chi connectivity index (χ0) is 14.6. The minimum Gasteiger partial charge on any atom is -0.370 e. The quantitative estimate of drug-likeness (QED) is 0.452. The Kier molecular flexibility index (Phi) is 7.17. The molecule has 0 atom stereocenters. The summed E-state index contributed by atoms with van der Waals surface area (Å²) in [5.41, 5.74) is 5.04. The molecule has 1 saturated heterocycles. The minimum absolute atomic E-state index is 0. The van der Waals surface area contributed by atoms with E-state index >= 15 is 0 Å². The summed E-state index contributed by atoms with van der Waals surface area (Å²) in [5, 5.41) is 1.47. The normalized spacial score (nSPS) is 16.7. The Labute approximate surface area is 142 Å². The van der Waals surface area contributed by atoms with Gasteiger partial charge in [-0.15, -0.1) is 35.3 Å². The molecular formula is C12H18F3IN4S. The van der Waals surface area contributed by atoms with Gasteiger partial charge >= 0.3 is 6.18 Å². The molecule has 0 aliphatic carbocycles. The number of aliphatic imine (C=N–C) groups is 1. The van der Waals surface area contributed by atoms with E-state index in [0.29, 0.717) is 23.9 Å². The van der Waals surface area contributed by atoms with E-state index in [1.807, 2.05) is 4.90 Å². The van der Waals surface area contributed by atoms with Gasteiger partial charge in [0.25, 0.3) is 0 Å². The van der Waals surface area contributed by atoms with E-state index in [4.69, 9.17) is 5.73 Å². The molecule has 1 aliphatic heterocycles. The summed E-state index contributed by atoms with van der Waals surface area (Å²) in [5.74, 6) is 0.484. The lowest BCUT2D eigenvalue weighted by Gasteiger charge is -2.27. The molecule has 0 amide bonds. The summed E-state index contributed by atoms with van der Waals surface area (Å²) in [7, 11) is 0. The molecule has 120 valence electrons. The number of guanidine groups is 1. The number of aromatic nitrogens is 1. The Hall–Kier alpha value is -0.580. The Bertz CT molecular complexity index is 469. The highest BCUT2D eigenvalue weighted by molar-refractivity contribution is 14.0. The summed E-state index contributed by atoms with van der Waals surface area (Å²) in [4.78, 5) is 9.80. The smallest absolute Gasteiger partial charge is 0.370 e. The topological polar surface area (TPSA) is 54.5 Å². The number of piperidine rings is 1. The Morgan fingerprint density at radius 3 is 2.57 bits per heavy atom. The molecule has 0 saturated carbocycles. The van der Waals surface area contributed by atoms with Crippen LogP contribution in [0, 0.1) is 0 Å². The number of likely N-dealkylation sites (tertiary alicyclic amines) is 1. The molecule has 0 aromatic carbocycles. The highest BCUT2D eigenvalue weighted by Gasteiger charge is 2.33. The maximum absolute atomic E-state index is 12.4. The van der Waals surface area contributed by atoms with Crippen molar-refractivity contribution in [1.82, 2.24) is 9.88 Å². The summed E-state index contributed by atoms with van der Waals surface area (Å²) in [6.07, 6.45) is -0.557. The zero-order valence-electron chi connectivity index (χ0n) is 11.4. The van der Waals surface area contributed by atoms with Gasteiger partial charge in [0.05, 0.1) is 5.01 Å². The third-order valence-corrected chi connectivity index (χ3v) is 4.03. The first-order chi connectivity index (χ1) is 9.47. The highest BCUT2D eigenvalue weighted by atomic mass is 127. The van der Waals surface area contributed by atoms with Gasteiger partial charge in [0.2, 0.25) is 0 Å². The second-order valence-corrected chi connectivity index (χ2v) is 5.60. The summed E-state index contributed by atoms with van der Waals surface area (Å²) in [6.45, 7) is 2.18. The van der Waals surface area contributed by atoms with Crippen molar-refractivity contribution in [3.8, 4) is 0 Å². The van der Waals surface area contributed by atoms with Crippen LogP contribution in [0.3, 0.4) is 0 Å². The van der Waals surface area contributed by atoms with Crippen LogP contribution in [0.15, 0.2) is 10.4 Å². The van der Waals surface area contributed by atoms with Crippen LogP contribution in [-0.4, -0.2) is 35.5 Å². The molecule has 0 spiro atoms. The fourth-order valence-electron chi connectivity index (χ4n) is 2.05. The van der Waals surface area contributed by atoms with Crippen molar-refractivity contribution >= 4 is 41.3 Å². The largest absolute Gasteiger partial charge is 0.434 e. The van der Waals surface area contributed by atoms with Gasteiger partial charge in [-0.1, -0.05) is 0 Å². The predicted molar refractivity (Wildman–Crippen MR) is 88.1 cm³/mol. The average Bonchev–Trinajstić information content (AvgIpc) is 2.88. The summed E-state index contributed by atoms with van der Waals surface area (Å²) < 4.78 is 37.2. The van der Waals surface area contributed by atoms with Crippen LogP contribution in [0.2, 0.25) is 0 Å². The van der Waals surface area contributed by atoms with Crippen molar-refractivity contribution in [2.24, 2.45) is 10.7 Å². The Morgan fingerprint density at radius 2 is 2.00 bits per heavy atom. The van der Waals surface area contributed by atoms with Gasteiger partial charge in [-0.05, 0) is 19.3 Å². The van der Waals surface area contributed by atoms with Crippen molar-refractivity contribution in [3.63, 3.8) is 0 Å². The number of nitrogens with zero attached hydrogens (tertiary/aromatic N) is 3. The second-order valence-electron chi connectivity index (χ2n) is 4.66. The number of thiazole rings is 1.